The summed E-state index contributed by atoms with van der Waals surface area (Å²) in [6, 6.07) is 15.9. The molecule has 7 heteroatoms. The van der Waals surface area contributed by atoms with Gasteiger partial charge < -0.3 is 10.4 Å². The summed E-state index contributed by atoms with van der Waals surface area (Å²) in [5.41, 5.74) is 0.857. The Morgan fingerprint density at radius 3 is 2.53 bits per heavy atom. The number of nitriles is 1. The molecule has 0 radical (unpaired) electrons. The molecule has 2 aromatic carbocycles. The molecular formula is C23H19ClFN3O2. The smallest absolute Gasteiger partial charge is 0.252 e. The molecule has 3 aromatic rings. The first-order chi connectivity index (χ1) is 14.4. The van der Waals surface area contributed by atoms with E-state index in [0.29, 0.717) is 16.3 Å². The maximum absolute atomic E-state index is 14.1. The van der Waals surface area contributed by atoms with E-state index < -0.39 is 17.3 Å². The summed E-state index contributed by atoms with van der Waals surface area (Å²) in [5.74, 6) is -1.35. The number of rotatable bonds is 6. The number of benzene rings is 2. The molecule has 1 aromatic heterocycles. The maximum atomic E-state index is 14.1. The zero-order valence-electron chi connectivity index (χ0n) is 16.2. The largest absolute Gasteiger partial charge is 0.396 e. The molecule has 1 atom stereocenters. The molecule has 152 valence electrons. The van der Waals surface area contributed by atoms with Crippen LogP contribution >= 0.6 is 11.6 Å². The van der Waals surface area contributed by atoms with Gasteiger partial charge in [-0.25, -0.2) is 4.39 Å². The van der Waals surface area contributed by atoms with Crippen LogP contribution in [0, 0.1) is 24.1 Å². The topological polar surface area (TPSA) is 86.0 Å². The van der Waals surface area contributed by atoms with Gasteiger partial charge in [-0.3, -0.25) is 9.78 Å². The number of carbonyl (C=O) groups is 1. The maximum Gasteiger partial charge on any atom is 0.252 e. The number of hydrogen-bond donors (Lipinski definition) is 2. The molecule has 1 amide bonds. The number of aryl methyl sites for hydroxylation is 1. The second-order valence-electron chi connectivity index (χ2n) is 6.87. The lowest BCUT2D eigenvalue weighted by molar-refractivity contribution is 0.0896. The predicted octanol–water partition coefficient (Wildman–Crippen LogP) is 4.11. The Morgan fingerprint density at radius 1 is 1.23 bits per heavy atom. The summed E-state index contributed by atoms with van der Waals surface area (Å²) in [4.78, 5) is 17.6. The minimum absolute atomic E-state index is 0.0508. The minimum Gasteiger partial charge on any atom is -0.396 e. The first-order valence-electron chi connectivity index (χ1n) is 9.22. The van der Waals surface area contributed by atoms with Crippen molar-refractivity contribution in [2.24, 2.45) is 0 Å². The van der Waals surface area contributed by atoms with Crippen LogP contribution in [0.1, 0.15) is 39.2 Å². The van der Waals surface area contributed by atoms with Crippen LogP contribution in [0.3, 0.4) is 0 Å². The van der Waals surface area contributed by atoms with E-state index in [0.717, 1.165) is 11.6 Å². The number of carbonyl (C=O) groups excluding carboxylic acids is 1. The van der Waals surface area contributed by atoms with Crippen molar-refractivity contribution in [3.8, 4) is 6.07 Å². The summed E-state index contributed by atoms with van der Waals surface area (Å²) in [7, 11) is 0. The van der Waals surface area contributed by atoms with Crippen molar-refractivity contribution >= 4 is 17.5 Å². The molecule has 2 N–H and O–H groups in total. The number of pyridine rings is 1. The molecular weight excluding hydrogens is 405 g/mol. The van der Waals surface area contributed by atoms with Gasteiger partial charge in [0, 0.05) is 29.8 Å². The van der Waals surface area contributed by atoms with Crippen LogP contribution in [-0.4, -0.2) is 22.6 Å². The molecule has 0 saturated carbocycles. The van der Waals surface area contributed by atoms with Crippen molar-refractivity contribution in [3.05, 3.63) is 99.6 Å². The van der Waals surface area contributed by atoms with E-state index in [9.17, 15) is 14.3 Å². The summed E-state index contributed by atoms with van der Waals surface area (Å²) in [6.07, 6.45) is 1.81. The van der Waals surface area contributed by atoms with Crippen molar-refractivity contribution in [1.82, 2.24) is 10.3 Å². The predicted molar refractivity (Wildman–Crippen MR) is 111 cm³/mol. The number of aliphatic hydroxyl groups is 1. The summed E-state index contributed by atoms with van der Waals surface area (Å²) in [5, 5.41) is 22.2. The van der Waals surface area contributed by atoms with Gasteiger partial charge in [0.1, 0.15) is 17.4 Å². The van der Waals surface area contributed by atoms with E-state index in [4.69, 9.17) is 16.9 Å². The van der Waals surface area contributed by atoms with Gasteiger partial charge in [0.25, 0.3) is 5.91 Å². The van der Waals surface area contributed by atoms with E-state index in [1.54, 1.807) is 42.6 Å². The van der Waals surface area contributed by atoms with Gasteiger partial charge in [-0.15, -0.1) is 0 Å². The molecule has 0 saturated heterocycles. The molecule has 0 spiro atoms. The number of aliphatic hydroxyl groups excluding tert-OH is 1. The van der Waals surface area contributed by atoms with Gasteiger partial charge in [0.05, 0.1) is 11.3 Å². The van der Waals surface area contributed by atoms with Crippen molar-refractivity contribution in [1.29, 1.82) is 5.26 Å². The Balaban J connectivity index is 2.11. The lowest BCUT2D eigenvalue weighted by atomic mass is 9.82. The fourth-order valence-corrected chi connectivity index (χ4v) is 3.38. The number of nitrogens with zero attached hydrogens (tertiary/aromatic N) is 2. The van der Waals surface area contributed by atoms with Crippen LogP contribution in [0.2, 0.25) is 5.02 Å². The SMILES string of the molecule is Cc1ccc(C(CCO)(NC(=O)c2ccc(C#N)c(F)c2)c2ccc(Cl)cc2)nc1. The van der Waals surface area contributed by atoms with Crippen LogP contribution < -0.4 is 5.32 Å². The molecule has 1 unspecified atom stereocenters. The third-order valence-electron chi connectivity index (χ3n) is 4.85. The lowest BCUT2D eigenvalue weighted by Gasteiger charge is -2.35. The van der Waals surface area contributed by atoms with Gasteiger partial charge in [-0.2, -0.15) is 5.26 Å². The lowest BCUT2D eigenvalue weighted by Crippen LogP contribution is -2.48. The molecule has 0 aliphatic heterocycles. The Bertz CT molecular complexity index is 1050. The summed E-state index contributed by atoms with van der Waals surface area (Å²) in [6.45, 7) is 1.66. The first-order valence-corrected chi connectivity index (χ1v) is 9.59. The molecule has 5 nitrogen and oxygen atoms in total. The Hall–Kier alpha value is -3.27. The van der Waals surface area contributed by atoms with Crippen LogP contribution in [-0.2, 0) is 5.54 Å². The van der Waals surface area contributed by atoms with Gasteiger partial charge >= 0.3 is 0 Å². The minimum atomic E-state index is -1.17. The van der Waals surface area contributed by atoms with Crippen molar-refractivity contribution in [2.45, 2.75) is 18.9 Å². The average molecular weight is 424 g/mol. The summed E-state index contributed by atoms with van der Waals surface area (Å²) < 4.78 is 14.1. The molecule has 0 aliphatic carbocycles. The number of halogens is 2. The fourth-order valence-electron chi connectivity index (χ4n) is 3.25. The standard InChI is InChI=1S/C23H19ClFN3O2/c1-15-2-9-21(27-14-15)23(10-11-29,18-5-7-19(24)8-6-18)28-22(30)16-3-4-17(13-26)20(25)12-16/h2-9,12,14,29H,10-11H2,1H3,(H,28,30). The Labute approximate surface area is 178 Å². The Morgan fingerprint density at radius 2 is 1.97 bits per heavy atom. The first kappa shape index (κ1) is 21.4. The molecule has 0 aliphatic rings. The van der Waals surface area contributed by atoms with Crippen molar-refractivity contribution in [3.63, 3.8) is 0 Å². The van der Waals surface area contributed by atoms with Gasteiger partial charge in [0.15, 0.2) is 0 Å². The third-order valence-corrected chi connectivity index (χ3v) is 5.10. The van der Waals surface area contributed by atoms with Crippen LogP contribution in [0.5, 0.6) is 0 Å². The number of amides is 1. The zero-order chi connectivity index (χ0) is 21.7. The third kappa shape index (κ3) is 4.33. The molecule has 3 rings (SSSR count). The van der Waals surface area contributed by atoms with E-state index in [-0.39, 0.29) is 24.2 Å². The van der Waals surface area contributed by atoms with Crippen LogP contribution in [0.4, 0.5) is 4.39 Å². The average Bonchev–Trinajstić information content (AvgIpc) is 2.74. The van der Waals surface area contributed by atoms with E-state index >= 15 is 0 Å². The van der Waals surface area contributed by atoms with E-state index in [2.05, 4.69) is 10.3 Å². The van der Waals surface area contributed by atoms with Crippen molar-refractivity contribution in [2.75, 3.05) is 6.61 Å². The zero-order valence-corrected chi connectivity index (χ0v) is 16.9. The molecule has 1 heterocycles. The highest BCUT2D eigenvalue weighted by atomic mass is 35.5. The molecule has 0 fully saturated rings. The highest BCUT2D eigenvalue weighted by Crippen LogP contribution is 2.33. The van der Waals surface area contributed by atoms with E-state index in [1.807, 2.05) is 13.0 Å². The van der Waals surface area contributed by atoms with Gasteiger partial charge in [-0.05, 0) is 54.4 Å². The fraction of sp³-hybridized carbons (Fsp3) is 0.174. The van der Waals surface area contributed by atoms with Crippen molar-refractivity contribution < 1.29 is 14.3 Å². The number of hydrogen-bond acceptors (Lipinski definition) is 4. The second-order valence-corrected chi connectivity index (χ2v) is 7.30. The van der Waals surface area contributed by atoms with Gasteiger partial charge in [0.2, 0.25) is 0 Å². The summed E-state index contributed by atoms with van der Waals surface area (Å²) >= 11 is 6.03. The normalized spacial score (nSPS) is 12.6. The monoisotopic (exact) mass is 423 g/mol. The van der Waals surface area contributed by atoms with Crippen LogP contribution in [0.25, 0.3) is 0 Å². The second kappa shape index (κ2) is 9.04. The highest BCUT2D eigenvalue weighted by molar-refractivity contribution is 6.30. The molecule has 0 bridgehead atoms. The molecule has 30 heavy (non-hydrogen) atoms. The highest BCUT2D eigenvalue weighted by Gasteiger charge is 2.37. The number of nitrogens with one attached hydrogen (secondary N) is 1. The van der Waals surface area contributed by atoms with Gasteiger partial charge in [-0.1, -0.05) is 29.8 Å². The number of aromatic nitrogens is 1. The van der Waals surface area contributed by atoms with Crippen LogP contribution in [0.15, 0.2) is 60.8 Å². The van der Waals surface area contributed by atoms with E-state index in [1.165, 1.54) is 12.1 Å². The Kier molecular flexibility index (Phi) is 6.46. The quantitative estimate of drug-likeness (QED) is 0.624.